The number of rotatable bonds is 8. The molecule has 0 aliphatic carbocycles. The second-order valence-corrected chi connectivity index (χ2v) is 5.89. The molecule has 1 amide bonds. The molecule has 2 N–H and O–H groups in total. The summed E-state index contributed by atoms with van der Waals surface area (Å²) >= 11 is 0. The van der Waals surface area contributed by atoms with Crippen molar-refractivity contribution in [1.82, 2.24) is 5.32 Å². The summed E-state index contributed by atoms with van der Waals surface area (Å²) in [5.74, 6) is -1.45. The smallest absolute Gasteiger partial charge is 0.305 e. The van der Waals surface area contributed by atoms with E-state index in [0.29, 0.717) is 32.5 Å². The van der Waals surface area contributed by atoms with E-state index in [-0.39, 0.29) is 31.1 Å². The van der Waals surface area contributed by atoms with Crippen molar-refractivity contribution in [2.45, 2.75) is 37.6 Å². The number of hydrogen-bond acceptors (Lipinski definition) is 4. The van der Waals surface area contributed by atoms with Gasteiger partial charge in [0, 0.05) is 19.6 Å². The highest BCUT2D eigenvalue weighted by Crippen LogP contribution is 2.25. The van der Waals surface area contributed by atoms with Crippen molar-refractivity contribution in [3.05, 3.63) is 30.1 Å². The van der Waals surface area contributed by atoms with Crippen molar-refractivity contribution in [3.8, 4) is 5.75 Å². The summed E-state index contributed by atoms with van der Waals surface area (Å²) in [5, 5.41) is 11.9. The summed E-state index contributed by atoms with van der Waals surface area (Å²) in [6.45, 7) is 1.08. The molecule has 1 fully saturated rings. The quantitative estimate of drug-likeness (QED) is 0.709. The Morgan fingerprint density at radius 1 is 1.29 bits per heavy atom. The lowest BCUT2D eigenvalue weighted by molar-refractivity contribution is -0.140. The Morgan fingerprint density at radius 3 is 2.67 bits per heavy atom. The minimum Gasteiger partial charge on any atom is -0.491 e. The van der Waals surface area contributed by atoms with E-state index < -0.39 is 17.3 Å². The summed E-state index contributed by atoms with van der Waals surface area (Å²) in [6.07, 6.45) is 1.46. The third-order valence-electron chi connectivity index (χ3n) is 3.99. The molecule has 0 unspecified atom stereocenters. The molecule has 6 nitrogen and oxygen atoms in total. The summed E-state index contributed by atoms with van der Waals surface area (Å²) in [4.78, 5) is 23.2. The maximum atomic E-state index is 13.4. The third kappa shape index (κ3) is 5.49. The molecule has 1 heterocycles. The van der Waals surface area contributed by atoms with Gasteiger partial charge in [-0.2, -0.15) is 0 Å². The first-order valence-electron chi connectivity index (χ1n) is 7.99. The van der Waals surface area contributed by atoms with Crippen LogP contribution in [-0.2, 0) is 14.3 Å². The summed E-state index contributed by atoms with van der Waals surface area (Å²) < 4.78 is 23.9. The van der Waals surface area contributed by atoms with Gasteiger partial charge in [-0.3, -0.25) is 9.59 Å². The van der Waals surface area contributed by atoms with Crippen molar-refractivity contribution < 1.29 is 28.6 Å². The number of halogens is 1. The number of carboxylic acids is 1. The van der Waals surface area contributed by atoms with E-state index in [1.807, 2.05) is 0 Å². The minimum atomic E-state index is -0.944. The van der Waals surface area contributed by atoms with Crippen molar-refractivity contribution in [2.24, 2.45) is 0 Å². The second-order valence-electron chi connectivity index (χ2n) is 5.89. The Kier molecular flexibility index (Phi) is 6.54. The zero-order valence-electron chi connectivity index (χ0n) is 13.4. The molecule has 1 saturated heterocycles. The zero-order valence-corrected chi connectivity index (χ0v) is 13.4. The van der Waals surface area contributed by atoms with E-state index in [0.717, 1.165) is 0 Å². The molecular weight excluding hydrogens is 317 g/mol. The number of carbonyl (C=O) groups excluding carboxylic acids is 1. The van der Waals surface area contributed by atoms with Crippen LogP contribution in [0.3, 0.4) is 0 Å². The SMILES string of the molecule is O=C(O)CC1(NC(=O)CCCOc2ccccc2F)CCOCC1. The standard InChI is InChI=1S/C17H22FNO5/c18-13-4-1-2-5-14(13)24-9-3-6-15(20)19-17(12-16(21)22)7-10-23-11-8-17/h1-2,4-5H,3,6-12H2,(H,19,20)(H,21,22). The molecule has 0 spiro atoms. The molecule has 1 aromatic rings. The van der Waals surface area contributed by atoms with E-state index in [2.05, 4.69) is 5.32 Å². The largest absolute Gasteiger partial charge is 0.491 e. The maximum absolute atomic E-state index is 13.4. The third-order valence-corrected chi connectivity index (χ3v) is 3.99. The molecule has 0 bridgehead atoms. The highest BCUT2D eigenvalue weighted by atomic mass is 19.1. The number of aliphatic carboxylic acids is 1. The van der Waals surface area contributed by atoms with Crippen molar-refractivity contribution in [1.29, 1.82) is 0 Å². The highest BCUT2D eigenvalue weighted by Gasteiger charge is 2.36. The Hall–Kier alpha value is -2.15. The van der Waals surface area contributed by atoms with Gasteiger partial charge < -0.3 is 19.9 Å². The Balaban J connectivity index is 1.77. The van der Waals surface area contributed by atoms with Gasteiger partial charge in [0.1, 0.15) is 0 Å². The highest BCUT2D eigenvalue weighted by molar-refractivity contribution is 5.78. The molecule has 1 aromatic carbocycles. The van der Waals surface area contributed by atoms with Crippen molar-refractivity contribution >= 4 is 11.9 Å². The lowest BCUT2D eigenvalue weighted by Gasteiger charge is -2.36. The fourth-order valence-electron chi connectivity index (χ4n) is 2.73. The average molecular weight is 339 g/mol. The van der Waals surface area contributed by atoms with Crippen LogP contribution in [0.1, 0.15) is 32.1 Å². The van der Waals surface area contributed by atoms with Crippen LogP contribution in [0.2, 0.25) is 0 Å². The predicted molar refractivity (Wildman–Crippen MR) is 84.3 cm³/mol. The Bertz CT molecular complexity index is 572. The van der Waals surface area contributed by atoms with Crippen LogP contribution in [-0.4, -0.2) is 42.3 Å². The maximum Gasteiger partial charge on any atom is 0.305 e. The molecule has 1 aliphatic rings. The predicted octanol–water partition coefficient (Wildman–Crippen LogP) is 2.12. The van der Waals surface area contributed by atoms with Gasteiger partial charge in [-0.1, -0.05) is 12.1 Å². The van der Waals surface area contributed by atoms with E-state index in [9.17, 15) is 14.0 Å². The van der Waals surface area contributed by atoms with Gasteiger partial charge in [-0.15, -0.1) is 0 Å². The van der Waals surface area contributed by atoms with Gasteiger partial charge in [0.05, 0.1) is 18.6 Å². The van der Waals surface area contributed by atoms with Crippen LogP contribution in [0.25, 0.3) is 0 Å². The number of amides is 1. The molecule has 0 aromatic heterocycles. The number of para-hydroxylation sites is 1. The minimum absolute atomic E-state index is 0.117. The summed E-state index contributed by atoms with van der Waals surface area (Å²) in [7, 11) is 0. The number of hydrogen-bond donors (Lipinski definition) is 2. The first-order valence-corrected chi connectivity index (χ1v) is 7.99. The molecule has 0 saturated carbocycles. The number of carbonyl (C=O) groups is 2. The van der Waals surface area contributed by atoms with Crippen LogP contribution in [0.5, 0.6) is 5.75 Å². The lowest BCUT2D eigenvalue weighted by Crippen LogP contribution is -2.53. The van der Waals surface area contributed by atoms with Gasteiger partial charge in [0.2, 0.25) is 5.91 Å². The van der Waals surface area contributed by atoms with Gasteiger partial charge >= 0.3 is 5.97 Å². The molecule has 0 atom stereocenters. The number of carboxylic acid groups (broad SMARTS) is 1. The number of benzene rings is 1. The zero-order chi connectivity index (χ0) is 17.4. The first kappa shape index (κ1) is 18.2. The average Bonchev–Trinajstić information content (AvgIpc) is 2.53. The first-order chi connectivity index (χ1) is 11.5. The number of ether oxygens (including phenoxy) is 2. The van der Waals surface area contributed by atoms with Crippen LogP contribution >= 0.6 is 0 Å². The van der Waals surface area contributed by atoms with Crippen molar-refractivity contribution in [3.63, 3.8) is 0 Å². The van der Waals surface area contributed by atoms with Crippen LogP contribution in [0.4, 0.5) is 4.39 Å². The monoisotopic (exact) mass is 339 g/mol. The van der Waals surface area contributed by atoms with Gasteiger partial charge in [0.15, 0.2) is 11.6 Å². The molecule has 132 valence electrons. The van der Waals surface area contributed by atoms with E-state index >= 15 is 0 Å². The molecule has 0 radical (unpaired) electrons. The fraction of sp³-hybridized carbons (Fsp3) is 0.529. The normalized spacial score (nSPS) is 16.4. The van der Waals surface area contributed by atoms with Crippen LogP contribution in [0.15, 0.2) is 24.3 Å². The molecule has 2 rings (SSSR count). The molecule has 1 aliphatic heterocycles. The fourth-order valence-corrected chi connectivity index (χ4v) is 2.73. The number of nitrogens with one attached hydrogen (secondary N) is 1. The van der Waals surface area contributed by atoms with E-state index in [1.54, 1.807) is 12.1 Å². The van der Waals surface area contributed by atoms with Gasteiger partial charge in [0.25, 0.3) is 0 Å². The van der Waals surface area contributed by atoms with Gasteiger partial charge in [-0.25, -0.2) is 4.39 Å². The summed E-state index contributed by atoms with van der Waals surface area (Å²) in [5.41, 5.74) is -0.742. The van der Waals surface area contributed by atoms with E-state index in [4.69, 9.17) is 14.6 Å². The summed E-state index contributed by atoms with van der Waals surface area (Å²) in [6, 6.07) is 6.08. The van der Waals surface area contributed by atoms with Crippen LogP contribution in [0, 0.1) is 5.82 Å². The van der Waals surface area contributed by atoms with Gasteiger partial charge in [-0.05, 0) is 31.4 Å². The lowest BCUT2D eigenvalue weighted by atomic mass is 9.86. The Labute approximate surface area is 139 Å². The molecule has 7 heteroatoms. The van der Waals surface area contributed by atoms with E-state index in [1.165, 1.54) is 12.1 Å². The van der Waals surface area contributed by atoms with Crippen LogP contribution < -0.4 is 10.1 Å². The molecule has 24 heavy (non-hydrogen) atoms. The van der Waals surface area contributed by atoms with Crippen molar-refractivity contribution in [2.75, 3.05) is 19.8 Å². The Morgan fingerprint density at radius 2 is 2.00 bits per heavy atom. The topological polar surface area (TPSA) is 84.9 Å². The second kappa shape index (κ2) is 8.63. The molecular formula is C17H22FNO5.